The molecule has 1 unspecified atom stereocenters. The van der Waals surface area contributed by atoms with Crippen LogP contribution in [0.1, 0.15) is 12.0 Å². The third-order valence-corrected chi connectivity index (χ3v) is 4.70. The predicted octanol–water partition coefficient (Wildman–Crippen LogP) is 3.04. The fourth-order valence-corrected chi connectivity index (χ4v) is 3.15. The minimum absolute atomic E-state index is 0.315. The van der Waals surface area contributed by atoms with Crippen molar-refractivity contribution in [3.05, 3.63) is 62.7 Å². The molecule has 0 aliphatic carbocycles. The van der Waals surface area contributed by atoms with Gasteiger partial charge >= 0.3 is 5.95 Å². The molecule has 0 saturated heterocycles. The number of aliphatic hydroxyl groups is 1. The molecule has 1 aromatic carbocycles. The van der Waals surface area contributed by atoms with Crippen molar-refractivity contribution in [2.75, 3.05) is 18.0 Å². The number of anilines is 1. The minimum atomic E-state index is -1.30. The lowest BCUT2D eigenvalue weighted by Gasteiger charge is -2.28. The third-order valence-electron chi connectivity index (χ3n) is 3.96. The van der Waals surface area contributed by atoms with E-state index in [4.69, 9.17) is 28.7 Å². The van der Waals surface area contributed by atoms with Crippen molar-refractivity contribution < 1.29 is 9.67 Å². The molecule has 2 aromatic rings. The van der Waals surface area contributed by atoms with Crippen LogP contribution in [-0.4, -0.2) is 23.2 Å². The Morgan fingerprint density at radius 2 is 2.25 bits per heavy atom. The molecule has 2 heterocycles. The van der Waals surface area contributed by atoms with E-state index in [1.54, 1.807) is 29.3 Å². The average molecular weight is 366 g/mol. The zero-order chi connectivity index (χ0) is 17.2. The second-order valence-corrected chi connectivity index (χ2v) is 6.27. The highest BCUT2D eigenvalue weighted by Gasteiger charge is 2.51. The smallest absolute Gasteiger partial charge is 0.353 e. The van der Waals surface area contributed by atoms with Gasteiger partial charge < -0.3 is 5.11 Å². The summed E-state index contributed by atoms with van der Waals surface area (Å²) >= 11 is 12.1. The fraction of sp³-hybridized carbons (Fsp3) is 0.333. The van der Waals surface area contributed by atoms with Crippen molar-refractivity contribution in [2.45, 2.75) is 18.7 Å². The van der Waals surface area contributed by atoms with Crippen LogP contribution in [0, 0.1) is 0 Å². The van der Waals surface area contributed by atoms with E-state index in [0.29, 0.717) is 47.6 Å². The topological polar surface area (TPSA) is 89.0 Å². The maximum atomic E-state index is 11.4. The number of aromatic nitrogens is 2. The zero-order valence-electron chi connectivity index (χ0n) is 12.7. The van der Waals surface area contributed by atoms with Crippen molar-refractivity contribution in [1.82, 2.24) is 4.98 Å². The SMILES string of the molecule is [N-]=[N+]=NCCCN1c2nccc[n+]2CC1(O)c1ccc(Cl)c(Cl)c1. The highest BCUT2D eigenvalue weighted by molar-refractivity contribution is 6.42. The van der Waals surface area contributed by atoms with E-state index in [1.807, 2.05) is 16.8 Å². The lowest BCUT2D eigenvalue weighted by Crippen LogP contribution is -2.46. The maximum absolute atomic E-state index is 11.4. The first kappa shape index (κ1) is 16.8. The summed E-state index contributed by atoms with van der Waals surface area (Å²) in [4.78, 5) is 8.91. The van der Waals surface area contributed by atoms with Gasteiger partial charge in [0.25, 0.3) is 0 Å². The normalized spacial score (nSPS) is 19.0. The number of rotatable bonds is 5. The number of azide groups is 1. The molecule has 0 bridgehead atoms. The Balaban J connectivity index is 1.97. The summed E-state index contributed by atoms with van der Waals surface area (Å²) in [5.41, 5.74) is 7.74. The summed E-state index contributed by atoms with van der Waals surface area (Å²) in [6, 6.07) is 6.89. The van der Waals surface area contributed by atoms with Crippen LogP contribution in [0.15, 0.2) is 41.8 Å². The minimum Gasteiger partial charge on any atom is -0.353 e. The lowest BCUT2D eigenvalue weighted by atomic mass is 10.0. The quantitative estimate of drug-likeness (QED) is 0.290. The summed E-state index contributed by atoms with van der Waals surface area (Å²) in [5.74, 6) is 0.645. The highest BCUT2D eigenvalue weighted by atomic mass is 35.5. The van der Waals surface area contributed by atoms with Crippen LogP contribution in [0.3, 0.4) is 0 Å². The number of nitrogens with zero attached hydrogens (tertiary/aromatic N) is 6. The first-order valence-corrected chi connectivity index (χ1v) is 8.13. The van der Waals surface area contributed by atoms with Gasteiger partial charge in [0.1, 0.15) is 12.7 Å². The summed E-state index contributed by atoms with van der Waals surface area (Å²) in [6.45, 7) is 1.14. The Kier molecular flexibility index (Phi) is 4.78. The van der Waals surface area contributed by atoms with Gasteiger partial charge in [0.15, 0.2) is 0 Å². The second kappa shape index (κ2) is 6.83. The fourth-order valence-electron chi connectivity index (χ4n) is 2.85. The Labute approximate surface area is 148 Å². The van der Waals surface area contributed by atoms with Crippen LogP contribution < -0.4 is 9.47 Å². The molecule has 1 N–H and O–H groups in total. The standard InChI is InChI=1S/C15H15Cl2N6O/c16-12-4-3-11(9-13(12)17)15(24)10-22-7-1-5-19-14(22)23(15)8-2-6-20-21-18/h1,3-5,7,9,24H,2,6,8,10H2/q+1. The summed E-state index contributed by atoms with van der Waals surface area (Å²) < 4.78 is 1.87. The van der Waals surface area contributed by atoms with Crippen LogP contribution in [0.25, 0.3) is 10.4 Å². The van der Waals surface area contributed by atoms with Crippen LogP contribution >= 0.6 is 23.2 Å². The number of hydrogen-bond donors (Lipinski definition) is 1. The van der Waals surface area contributed by atoms with Crippen LogP contribution in [-0.2, 0) is 12.3 Å². The molecule has 1 aliphatic heterocycles. The molecule has 7 nitrogen and oxygen atoms in total. The molecule has 9 heteroatoms. The van der Waals surface area contributed by atoms with E-state index in [2.05, 4.69) is 15.0 Å². The second-order valence-electron chi connectivity index (χ2n) is 5.45. The molecule has 0 radical (unpaired) electrons. The first-order valence-electron chi connectivity index (χ1n) is 7.37. The van der Waals surface area contributed by atoms with E-state index in [1.165, 1.54) is 0 Å². The Morgan fingerprint density at radius 3 is 3.00 bits per heavy atom. The summed E-state index contributed by atoms with van der Waals surface area (Å²) in [6.07, 6.45) is 4.12. The largest absolute Gasteiger partial charge is 0.396 e. The predicted molar refractivity (Wildman–Crippen MR) is 90.8 cm³/mol. The summed E-state index contributed by atoms with van der Waals surface area (Å²) in [5, 5.41) is 15.7. The van der Waals surface area contributed by atoms with Gasteiger partial charge in [-0.15, -0.1) is 0 Å². The maximum Gasteiger partial charge on any atom is 0.396 e. The Hall–Kier alpha value is -2.05. The highest BCUT2D eigenvalue weighted by Crippen LogP contribution is 2.36. The van der Waals surface area contributed by atoms with Crippen molar-refractivity contribution in [1.29, 1.82) is 0 Å². The molecule has 124 valence electrons. The molecule has 1 aliphatic rings. The molecule has 3 rings (SSSR count). The number of halogens is 2. The Morgan fingerprint density at radius 1 is 1.42 bits per heavy atom. The van der Waals surface area contributed by atoms with Crippen molar-refractivity contribution >= 4 is 29.2 Å². The zero-order valence-corrected chi connectivity index (χ0v) is 14.2. The molecule has 0 spiro atoms. The number of fused-ring (bicyclic) bond motifs is 1. The van der Waals surface area contributed by atoms with E-state index in [-0.39, 0.29) is 0 Å². The first-order chi connectivity index (χ1) is 11.6. The molecule has 0 fully saturated rings. The number of benzene rings is 1. The van der Waals surface area contributed by atoms with Crippen molar-refractivity contribution in [3.63, 3.8) is 0 Å². The van der Waals surface area contributed by atoms with E-state index in [9.17, 15) is 5.11 Å². The third kappa shape index (κ3) is 2.99. The van der Waals surface area contributed by atoms with Crippen molar-refractivity contribution in [3.8, 4) is 0 Å². The molecule has 0 saturated carbocycles. The van der Waals surface area contributed by atoms with E-state index >= 15 is 0 Å². The average Bonchev–Trinajstić information content (AvgIpc) is 2.87. The van der Waals surface area contributed by atoms with Crippen LogP contribution in [0.4, 0.5) is 5.95 Å². The number of hydrogen-bond acceptors (Lipinski definition) is 4. The lowest BCUT2D eigenvalue weighted by molar-refractivity contribution is -0.685. The van der Waals surface area contributed by atoms with Gasteiger partial charge in [-0.05, 0) is 24.1 Å². The van der Waals surface area contributed by atoms with Crippen molar-refractivity contribution in [2.24, 2.45) is 5.11 Å². The van der Waals surface area contributed by atoms with Crippen LogP contribution in [0.2, 0.25) is 10.0 Å². The van der Waals surface area contributed by atoms with E-state index in [0.717, 1.165) is 0 Å². The van der Waals surface area contributed by atoms with Gasteiger partial charge in [-0.25, -0.2) is 9.47 Å². The van der Waals surface area contributed by atoms with E-state index < -0.39 is 5.72 Å². The monoisotopic (exact) mass is 365 g/mol. The van der Waals surface area contributed by atoms with Gasteiger partial charge in [0.05, 0.1) is 22.8 Å². The molecule has 24 heavy (non-hydrogen) atoms. The molecule has 1 atom stereocenters. The molecular weight excluding hydrogens is 351 g/mol. The van der Waals surface area contributed by atoms with Crippen LogP contribution in [0.5, 0.6) is 0 Å². The van der Waals surface area contributed by atoms with Gasteiger partial charge in [-0.2, -0.15) is 0 Å². The summed E-state index contributed by atoms with van der Waals surface area (Å²) in [7, 11) is 0. The Bertz CT molecular complexity index is 810. The van der Waals surface area contributed by atoms with Gasteiger partial charge in [-0.1, -0.05) is 39.4 Å². The molecular formula is C15H15Cl2N6O+. The van der Waals surface area contributed by atoms with Gasteiger partial charge in [-0.3, -0.25) is 0 Å². The molecule has 0 amide bonds. The van der Waals surface area contributed by atoms with Gasteiger partial charge in [0, 0.05) is 23.1 Å². The van der Waals surface area contributed by atoms with Gasteiger partial charge in [0.2, 0.25) is 5.72 Å². The molecule has 1 aromatic heterocycles.